The molecule has 0 saturated carbocycles. The Labute approximate surface area is 115 Å². The molecule has 0 atom stereocenters. The fourth-order valence-electron chi connectivity index (χ4n) is 1.52. The highest BCUT2D eigenvalue weighted by atomic mass is 127. The summed E-state index contributed by atoms with van der Waals surface area (Å²) in [6, 6.07) is 0. The van der Waals surface area contributed by atoms with E-state index in [1.807, 2.05) is 0 Å². The highest BCUT2D eigenvalue weighted by Gasteiger charge is 2.25. The molecule has 0 bridgehead atoms. The first-order valence-electron chi connectivity index (χ1n) is 4.54. The number of aromatic nitrogens is 1. The van der Waals surface area contributed by atoms with E-state index in [-0.39, 0.29) is 34.6 Å². The number of aliphatic imine (C=N–C) groups is 1. The summed E-state index contributed by atoms with van der Waals surface area (Å²) in [6.45, 7) is 0.397. The number of nitrogens with one attached hydrogen (secondary N) is 1. The van der Waals surface area contributed by atoms with Crippen LogP contribution in [0.25, 0.3) is 0 Å². The van der Waals surface area contributed by atoms with Gasteiger partial charge in [-0.05, 0) is 0 Å². The molecule has 0 amide bonds. The lowest BCUT2D eigenvalue weighted by Crippen LogP contribution is -2.10. The van der Waals surface area contributed by atoms with Gasteiger partial charge in [-0.3, -0.25) is 4.99 Å². The molecule has 0 spiro atoms. The number of sulfonamides is 1. The molecule has 17 heavy (non-hydrogen) atoms. The van der Waals surface area contributed by atoms with Crippen LogP contribution in [-0.2, 0) is 10.0 Å². The predicted molar refractivity (Wildman–Crippen MR) is 72.9 cm³/mol. The molecule has 90 valence electrons. The van der Waals surface area contributed by atoms with E-state index in [0.29, 0.717) is 17.8 Å². The first-order valence-corrected chi connectivity index (χ1v) is 5.98. The summed E-state index contributed by atoms with van der Waals surface area (Å²) in [7, 11) is -3.71. The van der Waals surface area contributed by atoms with Crippen LogP contribution < -0.4 is 4.74 Å². The zero-order chi connectivity index (χ0) is 11.2. The Morgan fingerprint density at radius 3 is 3.00 bits per heavy atom. The largest absolute Gasteiger partial charge is 0.462 e. The number of nitrogens with zero attached hydrogens (tertiary/aromatic N) is 2. The van der Waals surface area contributed by atoms with Crippen LogP contribution in [0.1, 0.15) is 0 Å². The van der Waals surface area contributed by atoms with E-state index < -0.39 is 10.0 Å². The van der Waals surface area contributed by atoms with Crippen molar-refractivity contribution < 1.29 is 13.2 Å². The third-order valence-electron chi connectivity index (χ3n) is 2.30. The number of aromatic amines is 1. The molecule has 2 aliphatic heterocycles. The van der Waals surface area contributed by atoms with Gasteiger partial charge in [-0.25, -0.2) is 0 Å². The van der Waals surface area contributed by atoms with Crippen LogP contribution in [0.15, 0.2) is 38.5 Å². The van der Waals surface area contributed by atoms with E-state index in [1.54, 1.807) is 0 Å². The molecule has 6 nitrogen and oxygen atoms in total. The Morgan fingerprint density at radius 2 is 2.18 bits per heavy atom. The van der Waals surface area contributed by atoms with Crippen LogP contribution in [0.3, 0.4) is 0 Å². The zero-order valence-corrected chi connectivity index (χ0v) is 11.6. The third kappa shape index (κ3) is 2.02. The number of rotatable bonds is 0. The number of hydrogen-bond donors (Lipinski definition) is 1. The summed E-state index contributed by atoms with van der Waals surface area (Å²) in [5, 5.41) is 0. The van der Waals surface area contributed by atoms with Crippen molar-refractivity contribution >= 4 is 45.9 Å². The fourth-order valence-corrected chi connectivity index (χ4v) is 2.62. The standard InChI is InChI=1S/C9H7N3O3S.HI/c13-16(14)9-4-11-3-8(9)15-5-6-1-10-2-7(6)12-16;/h2-5,11H,1H2;1H/b6-5-,12-7-;. The average molecular weight is 365 g/mol. The van der Waals surface area contributed by atoms with E-state index in [9.17, 15) is 8.42 Å². The van der Waals surface area contributed by atoms with Crippen molar-refractivity contribution in [1.29, 1.82) is 0 Å². The van der Waals surface area contributed by atoms with Gasteiger partial charge in [-0.1, -0.05) is 0 Å². The quantitative estimate of drug-likeness (QED) is 0.700. The minimum absolute atomic E-state index is 0. The van der Waals surface area contributed by atoms with Crippen molar-refractivity contribution in [2.45, 2.75) is 4.90 Å². The minimum Gasteiger partial charge on any atom is -0.462 e. The molecule has 0 fully saturated rings. The molecule has 8 heteroatoms. The first-order chi connectivity index (χ1) is 7.67. The van der Waals surface area contributed by atoms with E-state index in [0.717, 1.165) is 0 Å². The number of hydrogen-bond acceptors (Lipinski definition) is 4. The second kappa shape index (κ2) is 4.26. The van der Waals surface area contributed by atoms with Crippen LogP contribution in [0, 0.1) is 0 Å². The summed E-state index contributed by atoms with van der Waals surface area (Å²) in [5.74, 6) is 0.252. The van der Waals surface area contributed by atoms with Crippen LogP contribution in [-0.4, -0.2) is 31.9 Å². The van der Waals surface area contributed by atoms with Crippen LogP contribution in [0.2, 0.25) is 0 Å². The van der Waals surface area contributed by atoms with Gasteiger partial charge in [-0.15, -0.1) is 24.0 Å². The Hall–Kier alpha value is -1.16. The molecule has 1 aromatic rings. The van der Waals surface area contributed by atoms with E-state index >= 15 is 0 Å². The van der Waals surface area contributed by atoms with Crippen LogP contribution >= 0.6 is 24.0 Å². The van der Waals surface area contributed by atoms with Gasteiger partial charge in [0.2, 0.25) is 0 Å². The predicted octanol–water partition coefficient (Wildman–Crippen LogP) is 1.12. The molecule has 0 unspecified atom stereocenters. The number of fused-ring (bicyclic) bond motifs is 2. The SMILES string of the molecule is I.O=S1(=O)/N=C2/C=NC/C2=C/Oc2c[nH]cc21. The summed E-state index contributed by atoms with van der Waals surface area (Å²) >= 11 is 0. The van der Waals surface area contributed by atoms with Gasteiger partial charge in [0.15, 0.2) is 5.75 Å². The van der Waals surface area contributed by atoms with Crippen molar-refractivity contribution in [3.8, 4) is 5.75 Å². The number of ether oxygens (including phenoxy) is 1. The maximum atomic E-state index is 11.9. The van der Waals surface area contributed by atoms with Crippen molar-refractivity contribution in [1.82, 2.24) is 4.98 Å². The Balaban J connectivity index is 0.00000108. The normalized spacial score (nSPS) is 25.9. The van der Waals surface area contributed by atoms with Gasteiger partial charge >= 0.3 is 0 Å². The lowest BCUT2D eigenvalue weighted by molar-refractivity contribution is 0.464. The Morgan fingerprint density at radius 1 is 1.35 bits per heavy atom. The summed E-state index contributed by atoms with van der Waals surface area (Å²) in [6.07, 6.45) is 5.73. The van der Waals surface area contributed by atoms with Crippen LogP contribution in [0.4, 0.5) is 0 Å². The molecule has 0 radical (unpaired) electrons. The van der Waals surface area contributed by atoms with E-state index in [4.69, 9.17) is 4.74 Å². The van der Waals surface area contributed by atoms with E-state index in [2.05, 4.69) is 14.4 Å². The molecule has 1 N–H and O–H groups in total. The zero-order valence-electron chi connectivity index (χ0n) is 8.45. The lowest BCUT2D eigenvalue weighted by atomic mass is 10.2. The van der Waals surface area contributed by atoms with E-state index in [1.165, 1.54) is 24.9 Å². The first kappa shape index (κ1) is 12.3. The van der Waals surface area contributed by atoms with Gasteiger partial charge in [0.05, 0.1) is 12.8 Å². The molecule has 3 rings (SSSR count). The highest BCUT2D eigenvalue weighted by Crippen LogP contribution is 2.28. The molecule has 1 aromatic heterocycles. The summed E-state index contributed by atoms with van der Waals surface area (Å²) < 4.78 is 32.7. The molecule has 0 saturated heterocycles. The molecular formula is C9H8IN3O3S. The monoisotopic (exact) mass is 365 g/mol. The molecule has 0 aromatic carbocycles. The average Bonchev–Trinajstić information content (AvgIpc) is 2.81. The third-order valence-corrected chi connectivity index (χ3v) is 3.61. The number of H-pyrrole nitrogens is 1. The van der Waals surface area contributed by atoms with Crippen molar-refractivity contribution in [2.75, 3.05) is 6.54 Å². The van der Waals surface area contributed by atoms with Gasteiger partial charge in [0.25, 0.3) is 10.0 Å². The molecule has 2 aliphatic rings. The summed E-state index contributed by atoms with van der Waals surface area (Å²) in [4.78, 5) is 6.67. The Bertz CT molecular complexity index is 642. The highest BCUT2D eigenvalue weighted by molar-refractivity contribution is 14.0. The van der Waals surface area contributed by atoms with Crippen molar-refractivity contribution in [2.24, 2.45) is 9.39 Å². The molecule has 3 heterocycles. The molecule has 0 aliphatic carbocycles. The fraction of sp³-hybridized carbons (Fsp3) is 0.111. The minimum atomic E-state index is -3.71. The lowest BCUT2D eigenvalue weighted by Gasteiger charge is -2.06. The summed E-state index contributed by atoms with van der Waals surface area (Å²) in [5.41, 5.74) is 1.00. The van der Waals surface area contributed by atoms with Gasteiger partial charge in [0, 0.05) is 24.2 Å². The maximum absolute atomic E-state index is 11.9. The molecular weight excluding hydrogens is 357 g/mol. The van der Waals surface area contributed by atoms with Crippen molar-refractivity contribution in [3.63, 3.8) is 0 Å². The van der Waals surface area contributed by atoms with Crippen molar-refractivity contribution in [3.05, 3.63) is 24.2 Å². The topological polar surface area (TPSA) is 83.9 Å². The van der Waals surface area contributed by atoms with Gasteiger partial charge in [-0.2, -0.15) is 12.8 Å². The number of halogens is 1. The van der Waals surface area contributed by atoms with Gasteiger partial charge in [0.1, 0.15) is 10.6 Å². The Kier molecular flexibility index (Phi) is 3.08. The van der Waals surface area contributed by atoms with Crippen LogP contribution in [0.5, 0.6) is 5.75 Å². The smallest absolute Gasteiger partial charge is 0.288 e. The van der Waals surface area contributed by atoms with Gasteiger partial charge < -0.3 is 9.72 Å². The second-order valence-corrected chi connectivity index (χ2v) is 4.94. The maximum Gasteiger partial charge on any atom is 0.288 e. The second-order valence-electron chi connectivity index (χ2n) is 3.37.